The fourth-order valence-corrected chi connectivity index (χ4v) is 4.02. The van der Waals surface area contributed by atoms with E-state index in [4.69, 9.17) is 0 Å². The van der Waals surface area contributed by atoms with Crippen molar-refractivity contribution < 1.29 is 13.6 Å². The van der Waals surface area contributed by atoms with Crippen molar-refractivity contribution in [1.82, 2.24) is 14.8 Å². The first-order valence-electron chi connectivity index (χ1n) is 9.49. The van der Waals surface area contributed by atoms with E-state index < -0.39 is 17.5 Å². The fourth-order valence-electron chi connectivity index (χ4n) is 3.33. The van der Waals surface area contributed by atoms with Crippen LogP contribution < -0.4 is 4.90 Å². The molecule has 0 aliphatic heterocycles. The molecule has 4 rings (SSSR count). The van der Waals surface area contributed by atoms with Crippen LogP contribution in [0.4, 0.5) is 14.5 Å². The third kappa shape index (κ3) is 3.70. The smallest absolute Gasteiger partial charge is 0.260 e. The number of rotatable bonds is 5. The normalized spacial score (nSPS) is 11.4. The maximum Gasteiger partial charge on any atom is 0.260 e. The first kappa shape index (κ1) is 20.2. The van der Waals surface area contributed by atoms with E-state index >= 15 is 0 Å². The molecule has 8 heteroatoms. The van der Waals surface area contributed by atoms with Crippen molar-refractivity contribution in [3.8, 4) is 0 Å². The van der Waals surface area contributed by atoms with E-state index in [1.807, 2.05) is 31.4 Å². The summed E-state index contributed by atoms with van der Waals surface area (Å²) in [7, 11) is 0. The van der Waals surface area contributed by atoms with Gasteiger partial charge in [-0.15, -0.1) is 11.3 Å². The number of anilines is 1. The van der Waals surface area contributed by atoms with Gasteiger partial charge in [0.2, 0.25) is 0 Å². The molecule has 0 aliphatic carbocycles. The number of amides is 1. The van der Waals surface area contributed by atoms with Gasteiger partial charge in [-0.25, -0.2) is 18.4 Å². The maximum absolute atomic E-state index is 14.6. The number of carbonyl (C=O) groups excluding carboxylic acids is 1. The second kappa shape index (κ2) is 7.95. The number of pyridine rings is 1. The van der Waals surface area contributed by atoms with Crippen LogP contribution >= 0.6 is 11.3 Å². The molecule has 1 aromatic carbocycles. The van der Waals surface area contributed by atoms with Gasteiger partial charge in [-0.2, -0.15) is 5.10 Å². The molecule has 0 atom stereocenters. The summed E-state index contributed by atoms with van der Waals surface area (Å²) in [4.78, 5) is 20.3. The average Bonchev–Trinajstić information content (AvgIpc) is 3.35. The largest absolute Gasteiger partial charge is 0.300 e. The van der Waals surface area contributed by atoms with Crippen LogP contribution in [-0.4, -0.2) is 20.7 Å². The number of thiophene rings is 1. The molecule has 0 fully saturated rings. The third-order valence-electron chi connectivity index (χ3n) is 4.82. The molecule has 5 nitrogen and oxygen atoms in total. The van der Waals surface area contributed by atoms with Crippen LogP contribution in [0.1, 0.15) is 40.8 Å². The lowest BCUT2D eigenvalue weighted by atomic mass is 10.1. The van der Waals surface area contributed by atoms with E-state index in [9.17, 15) is 13.6 Å². The molecule has 0 radical (unpaired) electrons. The van der Waals surface area contributed by atoms with Crippen molar-refractivity contribution >= 4 is 34.0 Å². The zero-order chi connectivity index (χ0) is 21.4. The zero-order valence-electron chi connectivity index (χ0n) is 16.8. The first-order chi connectivity index (χ1) is 14.3. The third-order valence-corrected chi connectivity index (χ3v) is 5.68. The van der Waals surface area contributed by atoms with Crippen molar-refractivity contribution in [3.05, 3.63) is 75.7 Å². The van der Waals surface area contributed by atoms with Gasteiger partial charge in [-0.3, -0.25) is 4.79 Å². The Labute approximate surface area is 176 Å². The standard InChI is InChI=1S/C22H20F2N4OS/c1-13(2)28-21-15(11-25-28)9-18(14(3)26-21)22(29)27(12-17-5-4-8-30-17)20-7-6-16(23)10-19(20)24/h4-11,13H,12H2,1-3H3. The highest BCUT2D eigenvalue weighted by atomic mass is 32.1. The highest BCUT2D eigenvalue weighted by Gasteiger charge is 2.25. The van der Waals surface area contributed by atoms with E-state index in [0.717, 1.165) is 22.4 Å². The van der Waals surface area contributed by atoms with E-state index in [1.54, 1.807) is 23.9 Å². The van der Waals surface area contributed by atoms with Gasteiger partial charge < -0.3 is 4.90 Å². The van der Waals surface area contributed by atoms with Crippen molar-refractivity contribution in [2.24, 2.45) is 0 Å². The van der Waals surface area contributed by atoms with Gasteiger partial charge >= 0.3 is 0 Å². The molecule has 154 valence electrons. The topological polar surface area (TPSA) is 51.0 Å². The van der Waals surface area contributed by atoms with Crippen molar-refractivity contribution in [1.29, 1.82) is 0 Å². The monoisotopic (exact) mass is 426 g/mol. The number of carbonyl (C=O) groups is 1. The predicted octanol–water partition coefficient (Wildman–Crippen LogP) is 5.51. The van der Waals surface area contributed by atoms with Gasteiger partial charge in [0, 0.05) is 22.4 Å². The summed E-state index contributed by atoms with van der Waals surface area (Å²) in [5.74, 6) is -1.89. The SMILES string of the molecule is Cc1nc2c(cnn2C(C)C)cc1C(=O)N(Cc1cccs1)c1ccc(F)cc1F. The highest BCUT2D eigenvalue weighted by Crippen LogP contribution is 2.27. The lowest BCUT2D eigenvalue weighted by Crippen LogP contribution is -2.31. The second-order valence-electron chi connectivity index (χ2n) is 7.28. The minimum atomic E-state index is -0.792. The van der Waals surface area contributed by atoms with Crippen LogP contribution in [0.25, 0.3) is 11.0 Å². The molecule has 0 N–H and O–H groups in total. The average molecular weight is 426 g/mol. The number of fused-ring (bicyclic) bond motifs is 1. The quantitative estimate of drug-likeness (QED) is 0.423. The van der Waals surface area contributed by atoms with Crippen LogP contribution in [0.15, 0.2) is 48.0 Å². The summed E-state index contributed by atoms with van der Waals surface area (Å²) in [6, 6.07) is 8.80. The number of nitrogens with zero attached hydrogens (tertiary/aromatic N) is 4. The molecular formula is C22H20F2N4OS. The van der Waals surface area contributed by atoms with Gasteiger partial charge in [0.25, 0.3) is 5.91 Å². The number of hydrogen-bond acceptors (Lipinski definition) is 4. The predicted molar refractivity (Wildman–Crippen MR) is 114 cm³/mol. The lowest BCUT2D eigenvalue weighted by Gasteiger charge is -2.23. The van der Waals surface area contributed by atoms with Crippen molar-refractivity contribution in [2.75, 3.05) is 4.90 Å². The van der Waals surface area contributed by atoms with Gasteiger partial charge in [0.1, 0.15) is 11.6 Å². The molecular weight excluding hydrogens is 406 g/mol. The van der Waals surface area contributed by atoms with E-state index in [-0.39, 0.29) is 18.3 Å². The maximum atomic E-state index is 14.6. The Balaban J connectivity index is 1.80. The Morgan fingerprint density at radius 2 is 2.03 bits per heavy atom. The molecule has 0 spiro atoms. The summed E-state index contributed by atoms with van der Waals surface area (Å²) in [6.07, 6.45) is 1.67. The van der Waals surface area contributed by atoms with Crippen LogP contribution in [-0.2, 0) is 6.54 Å². The number of halogens is 2. The molecule has 30 heavy (non-hydrogen) atoms. The van der Waals surface area contributed by atoms with Crippen molar-refractivity contribution in [2.45, 2.75) is 33.4 Å². The fraction of sp³-hybridized carbons (Fsp3) is 0.227. The van der Waals surface area contributed by atoms with Crippen LogP contribution in [0.3, 0.4) is 0 Å². The molecule has 3 heterocycles. The van der Waals surface area contributed by atoms with Crippen LogP contribution in [0.5, 0.6) is 0 Å². The second-order valence-corrected chi connectivity index (χ2v) is 8.32. The Hall–Kier alpha value is -3.13. The van der Waals surface area contributed by atoms with Crippen molar-refractivity contribution in [3.63, 3.8) is 0 Å². The van der Waals surface area contributed by atoms with Gasteiger partial charge in [0.15, 0.2) is 5.65 Å². The van der Waals surface area contributed by atoms with Gasteiger partial charge in [-0.1, -0.05) is 6.07 Å². The molecule has 4 aromatic rings. The van der Waals surface area contributed by atoms with Gasteiger partial charge in [-0.05, 0) is 50.4 Å². The molecule has 3 aromatic heterocycles. The summed E-state index contributed by atoms with van der Waals surface area (Å²) in [6.45, 7) is 5.92. The minimum absolute atomic E-state index is 0.0205. The molecule has 0 aliphatic rings. The Morgan fingerprint density at radius 3 is 2.70 bits per heavy atom. The van der Waals surface area contributed by atoms with E-state index in [2.05, 4.69) is 10.1 Å². The van der Waals surface area contributed by atoms with E-state index in [0.29, 0.717) is 16.9 Å². The number of hydrogen-bond donors (Lipinski definition) is 0. The number of aryl methyl sites for hydroxylation is 1. The molecule has 0 saturated heterocycles. The molecule has 0 saturated carbocycles. The first-order valence-corrected chi connectivity index (χ1v) is 10.4. The molecule has 0 bridgehead atoms. The zero-order valence-corrected chi connectivity index (χ0v) is 17.6. The Bertz CT molecular complexity index is 1220. The van der Waals surface area contributed by atoms with E-state index in [1.165, 1.54) is 22.3 Å². The number of aromatic nitrogens is 3. The van der Waals surface area contributed by atoms with Crippen LogP contribution in [0.2, 0.25) is 0 Å². The minimum Gasteiger partial charge on any atom is -0.300 e. The summed E-state index contributed by atoms with van der Waals surface area (Å²) in [5, 5.41) is 6.97. The Morgan fingerprint density at radius 1 is 1.23 bits per heavy atom. The summed E-state index contributed by atoms with van der Waals surface area (Å²) < 4.78 is 29.8. The highest BCUT2D eigenvalue weighted by molar-refractivity contribution is 7.09. The molecule has 0 unspecified atom stereocenters. The van der Waals surface area contributed by atoms with Gasteiger partial charge in [0.05, 0.1) is 29.7 Å². The summed E-state index contributed by atoms with van der Waals surface area (Å²) in [5.41, 5.74) is 1.59. The summed E-state index contributed by atoms with van der Waals surface area (Å²) >= 11 is 1.46. The number of benzene rings is 1. The lowest BCUT2D eigenvalue weighted by molar-refractivity contribution is 0.0983. The van der Waals surface area contributed by atoms with Crippen LogP contribution in [0, 0.1) is 18.6 Å². The Kier molecular flexibility index (Phi) is 5.34. The molecule has 1 amide bonds.